The molecule has 13 heavy (non-hydrogen) atoms. The van der Waals surface area contributed by atoms with Gasteiger partial charge in [0, 0.05) is 0 Å². The van der Waals surface area contributed by atoms with E-state index in [0.29, 0.717) is 5.84 Å². The predicted molar refractivity (Wildman–Crippen MR) is 47.4 cm³/mol. The van der Waals surface area contributed by atoms with E-state index >= 15 is 0 Å². The van der Waals surface area contributed by atoms with Crippen LogP contribution in [0.2, 0.25) is 0 Å². The molecule has 70 valence electrons. The van der Waals surface area contributed by atoms with Crippen molar-refractivity contribution >= 4 is 18.1 Å². The SMILES string of the molecule is CN1C=[N+](C)C2C(=O)NC(N)N=C21. The Bertz CT molecular complexity index is 321. The van der Waals surface area contributed by atoms with Crippen molar-refractivity contribution in [2.75, 3.05) is 14.1 Å². The van der Waals surface area contributed by atoms with Gasteiger partial charge in [0.2, 0.25) is 12.2 Å². The number of hydrogen-bond donors (Lipinski definition) is 2. The van der Waals surface area contributed by atoms with Crippen LogP contribution in [0.3, 0.4) is 0 Å². The molecule has 2 heterocycles. The highest BCUT2D eigenvalue weighted by Gasteiger charge is 2.43. The monoisotopic (exact) mass is 182 g/mol. The summed E-state index contributed by atoms with van der Waals surface area (Å²) in [5, 5.41) is 2.56. The van der Waals surface area contributed by atoms with Crippen molar-refractivity contribution in [2.24, 2.45) is 10.7 Å². The van der Waals surface area contributed by atoms with E-state index in [9.17, 15) is 4.79 Å². The Labute approximate surface area is 75.7 Å². The van der Waals surface area contributed by atoms with Crippen LogP contribution in [-0.2, 0) is 4.79 Å². The van der Waals surface area contributed by atoms with Gasteiger partial charge in [0.15, 0.2) is 6.29 Å². The van der Waals surface area contributed by atoms with Crippen molar-refractivity contribution < 1.29 is 9.37 Å². The van der Waals surface area contributed by atoms with Gasteiger partial charge in [-0.15, -0.1) is 0 Å². The van der Waals surface area contributed by atoms with Crippen molar-refractivity contribution in [3.63, 3.8) is 0 Å². The van der Waals surface area contributed by atoms with E-state index < -0.39 is 6.29 Å². The van der Waals surface area contributed by atoms with Gasteiger partial charge in [-0.25, -0.2) is 14.5 Å². The minimum absolute atomic E-state index is 0.0967. The third kappa shape index (κ3) is 1.10. The Morgan fingerprint density at radius 3 is 3.15 bits per heavy atom. The van der Waals surface area contributed by atoms with Crippen LogP contribution in [0.25, 0.3) is 0 Å². The number of amidine groups is 1. The molecular weight excluding hydrogens is 170 g/mol. The normalized spacial score (nSPS) is 32.2. The Morgan fingerprint density at radius 1 is 1.77 bits per heavy atom. The van der Waals surface area contributed by atoms with Gasteiger partial charge in [0.05, 0.1) is 14.1 Å². The fourth-order valence-corrected chi connectivity index (χ4v) is 1.64. The Kier molecular flexibility index (Phi) is 1.59. The molecular formula is C7H12N5O+. The smallest absolute Gasteiger partial charge is 0.278 e. The lowest BCUT2D eigenvalue weighted by molar-refractivity contribution is -0.498. The molecule has 0 fully saturated rings. The molecule has 2 unspecified atom stereocenters. The molecule has 3 N–H and O–H groups in total. The van der Waals surface area contributed by atoms with E-state index in [4.69, 9.17) is 5.73 Å². The zero-order valence-electron chi connectivity index (χ0n) is 7.56. The fraction of sp³-hybridized carbons (Fsp3) is 0.571. The maximum Gasteiger partial charge on any atom is 0.278 e. The molecule has 0 bridgehead atoms. The number of likely N-dealkylation sites (N-methyl/N-ethyl adjacent to an activating group) is 2. The van der Waals surface area contributed by atoms with Crippen LogP contribution < -0.4 is 11.1 Å². The van der Waals surface area contributed by atoms with Crippen LogP contribution in [-0.4, -0.2) is 54.0 Å². The third-order valence-corrected chi connectivity index (χ3v) is 2.18. The predicted octanol–water partition coefficient (Wildman–Crippen LogP) is -2.26. The van der Waals surface area contributed by atoms with Gasteiger partial charge in [0.25, 0.3) is 11.9 Å². The highest BCUT2D eigenvalue weighted by atomic mass is 16.2. The highest BCUT2D eigenvalue weighted by Crippen LogP contribution is 2.09. The molecule has 0 aliphatic carbocycles. The topological polar surface area (TPSA) is 73.7 Å². The quantitative estimate of drug-likeness (QED) is 0.415. The van der Waals surface area contributed by atoms with Crippen molar-refractivity contribution in [1.82, 2.24) is 10.2 Å². The van der Waals surface area contributed by atoms with Gasteiger partial charge in [-0.1, -0.05) is 0 Å². The second-order valence-corrected chi connectivity index (χ2v) is 3.24. The number of carbonyl (C=O) groups excluding carboxylic acids is 1. The lowest BCUT2D eigenvalue weighted by Crippen LogP contribution is -2.55. The Balaban J connectivity index is 2.41. The van der Waals surface area contributed by atoms with Gasteiger partial charge < -0.3 is 5.32 Å². The van der Waals surface area contributed by atoms with E-state index in [0.717, 1.165) is 0 Å². The largest absolute Gasteiger partial charge is 0.318 e. The summed E-state index contributed by atoms with van der Waals surface area (Å²) in [5.41, 5.74) is 5.51. The first-order valence-corrected chi connectivity index (χ1v) is 4.03. The summed E-state index contributed by atoms with van der Waals surface area (Å²) in [5.74, 6) is 0.611. The van der Waals surface area contributed by atoms with Crippen molar-refractivity contribution in [3.8, 4) is 0 Å². The van der Waals surface area contributed by atoms with Crippen molar-refractivity contribution in [1.29, 1.82) is 0 Å². The van der Waals surface area contributed by atoms with Crippen molar-refractivity contribution in [3.05, 3.63) is 0 Å². The van der Waals surface area contributed by atoms with E-state index in [1.165, 1.54) is 0 Å². The lowest BCUT2D eigenvalue weighted by Gasteiger charge is -2.19. The molecule has 0 aromatic heterocycles. The van der Waals surface area contributed by atoms with Crippen LogP contribution in [0, 0.1) is 0 Å². The number of carbonyl (C=O) groups is 1. The van der Waals surface area contributed by atoms with Crippen molar-refractivity contribution in [2.45, 2.75) is 12.3 Å². The molecule has 1 amide bonds. The highest BCUT2D eigenvalue weighted by molar-refractivity contribution is 6.12. The molecule has 0 aromatic carbocycles. The number of nitrogens with one attached hydrogen (secondary N) is 1. The van der Waals surface area contributed by atoms with Crippen LogP contribution in [0.5, 0.6) is 0 Å². The van der Waals surface area contributed by atoms with E-state index in [1.54, 1.807) is 4.58 Å². The average molecular weight is 182 g/mol. The zero-order chi connectivity index (χ0) is 9.59. The molecule has 0 aromatic rings. The van der Waals surface area contributed by atoms with E-state index in [-0.39, 0.29) is 11.9 Å². The average Bonchev–Trinajstić information content (AvgIpc) is 2.27. The Morgan fingerprint density at radius 2 is 2.46 bits per heavy atom. The summed E-state index contributed by atoms with van der Waals surface area (Å²) in [7, 11) is 3.68. The Hall–Kier alpha value is -1.43. The molecule has 0 radical (unpaired) electrons. The standard InChI is InChI=1S/C7H11N5O/c1-11-3-12(2)5-4(11)6(13)10-7(8)9-5/h3-4,7H,8H2,1-2H3/p+1. The van der Waals surface area contributed by atoms with Crippen LogP contribution in [0.1, 0.15) is 0 Å². The van der Waals surface area contributed by atoms with E-state index in [1.807, 2.05) is 25.3 Å². The lowest BCUT2D eigenvalue weighted by atomic mass is 10.2. The number of fused-ring (bicyclic) bond motifs is 1. The fourth-order valence-electron chi connectivity index (χ4n) is 1.64. The molecule has 2 atom stereocenters. The first-order valence-electron chi connectivity index (χ1n) is 4.03. The summed E-state index contributed by atoms with van der Waals surface area (Å²) in [6.07, 6.45) is 1.21. The minimum atomic E-state index is -0.610. The number of rotatable bonds is 0. The number of amides is 1. The zero-order valence-corrected chi connectivity index (χ0v) is 7.56. The molecule has 0 spiro atoms. The molecule has 0 saturated heterocycles. The van der Waals surface area contributed by atoms with Gasteiger partial charge >= 0.3 is 0 Å². The van der Waals surface area contributed by atoms with Crippen LogP contribution in [0.15, 0.2) is 4.99 Å². The van der Waals surface area contributed by atoms with Crippen LogP contribution in [0.4, 0.5) is 0 Å². The maximum absolute atomic E-state index is 11.5. The summed E-state index contributed by atoms with van der Waals surface area (Å²) < 4.78 is 1.81. The molecule has 6 nitrogen and oxygen atoms in total. The third-order valence-electron chi connectivity index (χ3n) is 2.18. The van der Waals surface area contributed by atoms with Gasteiger partial charge in [-0.2, -0.15) is 0 Å². The first-order chi connectivity index (χ1) is 6.09. The van der Waals surface area contributed by atoms with Gasteiger partial charge in [0.1, 0.15) is 0 Å². The number of nitrogens with zero attached hydrogens (tertiary/aromatic N) is 3. The number of aliphatic imine (C=N–C) groups is 1. The molecule has 0 saturated carbocycles. The van der Waals surface area contributed by atoms with E-state index in [2.05, 4.69) is 10.3 Å². The summed E-state index contributed by atoms with van der Waals surface area (Å²) in [4.78, 5) is 17.4. The summed E-state index contributed by atoms with van der Waals surface area (Å²) in [6, 6.07) is -0.315. The maximum atomic E-state index is 11.5. The molecule has 2 rings (SSSR count). The molecule has 2 aliphatic heterocycles. The first kappa shape index (κ1) is 8.18. The second kappa shape index (κ2) is 2.53. The molecule has 2 aliphatic rings. The minimum Gasteiger partial charge on any atom is -0.318 e. The number of nitrogens with two attached hydrogens (primary N) is 1. The van der Waals surface area contributed by atoms with Gasteiger partial charge in [-0.05, 0) is 0 Å². The summed E-state index contributed by atoms with van der Waals surface area (Å²) >= 11 is 0. The van der Waals surface area contributed by atoms with Crippen LogP contribution >= 0.6 is 0 Å². The molecule has 6 heteroatoms. The second-order valence-electron chi connectivity index (χ2n) is 3.24. The summed E-state index contributed by atoms with van der Waals surface area (Å²) in [6.45, 7) is 0. The van der Waals surface area contributed by atoms with Gasteiger partial charge in [-0.3, -0.25) is 10.5 Å². The number of hydrogen-bond acceptors (Lipinski definition) is 4.